The van der Waals surface area contributed by atoms with Crippen LogP contribution in [-0.4, -0.2) is 71.2 Å². The Balaban J connectivity index is 1.34. The first-order valence-electron chi connectivity index (χ1n) is 13.1. The van der Waals surface area contributed by atoms with Crippen molar-refractivity contribution in [1.82, 2.24) is 0 Å². The number of rotatable bonds is 2. The number of ether oxygens (including phenoxy) is 3. The average molecular weight is 577 g/mol. The number of ketones is 2. The van der Waals surface area contributed by atoms with Crippen molar-refractivity contribution < 1.29 is 59.5 Å². The minimum atomic E-state index is -1.79. The highest BCUT2D eigenvalue weighted by molar-refractivity contribution is 6.45. The number of aromatic hydroxyl groups is 5. The van der Waals surface area contributed by atoms with Gasteiger partial charge in [-0.25, -0.2) is 0 Å². The van der Waals surface area contributed by atoms with Crippen molar-refractivity contribution in [2.24, 2.45) is 0 Å². The second-order valence-electron chi connectivity index (χ2n) is 10.9. The van der Waals surface area contributed by atoms with Crippen LogP contribution in [0.5, 0.6) is 46.0 Å². The molecule has 4 aliphatic rings. The van der Waals surface area contributed by atoms with Crippen molar-refractivity contribution in [2.75, 3.05) is 0 Å². The summed E-state index contributed by atoms with van der Waals surface area (Å²) >= 11 is 0. The average Bonchev–Trinajstić information content (AvgIpc) is 3.26. The summed E-state index contributed by atoms with van der Waals surface area (Å²) in [5, 5.41) is 73.4. The van der Waals surface area contributed by atoms with E-state index in [4.69, 9.17) is 14.2 Å². The van der Waals surface area contributed by atoms with E-state index in [2.05, 4.69) is 0 Å². The standard InChI is InChI=1S/C30H24O12/c31-12-4-17(33)13-6-22(38)29(41-24(13)5-12)30-10-23(39)19(35)8-15(30)26-20(36)9-25-14(28(26)42-30)7-21(37)27(40-25)11-1-2-16(32)18(34)3-11/h1-5,8-9,21-22,27,29,31-34,36-38H,6-7,10H2/t21-,22-,27+,29-,30?/m0/s1. The molecule has 5 atom stereocenters. The van der Waals surface area contributed by atoms with Gasteiger partial charge in [-0.15, -0.1) is 0 Å². The fraction of sp³-hybridized carbons (Fsp3) is 0.267. The van der Waals surface area contributed by atoms with E-state index in [1.54, 1.807) is 0 Å². The molecule has 1 unspecified atom stereocenters. The van der Waals surface area contributed by atoms with Gasteiger partial charge < -0.3 is 50.0 Å². The van der Waals surface area contributed by atoms with Gasteiger partial charge in [0.2, 0.25) is 11.6 Å². The van der Waals surface area contributed by atoms with E-state index in [9.17, 15) is 45.3 Å². The van der Waals surface area contributed by atoms with Gasteiger partial charge in [0.15, 0.2) is 23.2 Å². The molecule has 0 radical (unpaired) electrons. The lowest BCUT2D eigenvalue weighted by molar-refractivity contribution is -0.140. The van der Waals surface area contributed by atoms with Crippen LogP contribution >= 0.6 is 0 Å². The molecule has 0 fully saturated rings. The van der Waals surface area contributed by atoms with Crippen LogP contribution in [0.25, 0.3) is 5.57 Å². The summed E-state index contributed by atoms with van der Waals surface area (Å²) in [6.45, 7) is 0. The summed E-state index contributed by atoms with van der Waals surface area (Å²) in [4.78, 5) is 25.4. The van der Waals surface area contributed by atoms with Crippen LogP contribution in [0, 0.1) is 0 Å². The molecule has 3 aromatic rings. The summed E-state index contributed by atoms with van der Waals surface area (Å²) in [7, 11) is 0. The molecule has 7 N–H and O–H groups in total. The zero-order valence-corrected chi connectivity index (χ0v) is 21.6. The number of benzene rings is 3. The molecule has 0 spiro atoms. The van der Waals surface area contributed by atoms with Crippen molar-refractivity contribution in [3.05, 3.63) is 64.7 Å². The van der Waals surface area contributed by atoms with Gasteiger partial charge in [0.25, 0.3) is 0 Å². The molecule has 7 rings (SSSR count). The zero-order chi connectivity index (χ0) is 29.7. The van der Waals surface area contributed by atoms with Gasteiger partial charge in [-0.2, -0.15) is 0 Å². The molecule has 3 aliphatic heterocycles. The Bertz CT molecular complexity index is 1740. The van der Waals surface area contributed by atoms with Crippen LogP contribution < -0.4 is 14.2 Å². The second-order valence-corrected chi connectivity index (χ2v) is 10.9. The molecule has 216 valence electrons. The molecule has 0 amide bonds. The highest BCUT2D eigenvalue weighted by Gasteiger charge is 2.60. The van der Waals surface area contributed by atoms with Crippen LogP contribution in [0.15, 0.2) is 42.5 Å². The maximum atomic E-state index is 12.8. The number of aliphatic hydroxyl groups is 2. The van der Waals surface area contributed by atoms with Gasteiger partial charge in [-0.05, 0) is 23.8 Å². The summed E-state index contributed by atoms with van der Waals surface area (Å²) in [6, 6.07) is 7.61. The van der Waals surface area contributed by atoms with Gasteiger partial charge in [0, 0.05) is 47.7 Å². The van der Waals surface area contributed by atoms with Gasteiger partial charge in [-0.1, -0.05) is 6.07 Å². The van der Waals surface area contributed by atoms with E-state index >= 15 is 0 Å². The van der Waals surface area contributed by atoms with Crippen molar-refractivity contribution >= 4 is 17.1 Å². The largest absolute Gasteiger partial charge is 0.508 e. The SMILES string of the molecule is O=C1C=C2c3c(O)cc4c(c3OC2([C@H]2Oc3cc(O)cc(O)c3C[C@@H]2O)CC1=O)C[C@H](O)[C@@H](c1ccc(O)c(O)c1)O4. The minimum absolute atomic E-state index is 0.0326. The van der Waals surface area contributed by atoms with E-state index in [0.29, 0.717) is 11.1 Å². The first kappa shape index (κ1) is 26.0. The Labute approximate surface area is 236 Å². The fourth-order valence-corrected chi connectivity index (χ4v) is 6.36. The Morgan fingerprint density at radius 3 is 2.26 bits per heavy atom. The zero-order valence-electron chi connectivity index (χ0n) is 21.6. The van der Waals surface area contributed by atoms with E-state index in [0.717, 1.165) is 12.1 Å². The number of allylic oxidation sites excluding steroid dienone is 1. The molecule has 0 saturated carbocycles. The van der Waals surface area contributed by atoms with Gasteiger partial charge in [0.05, 0.1) is 24.2 Å². The monoisotopic (exact) mass is 576 g/mol. The Hall–Kier alpha value is -4.94. The summed E-state index contributed by atoms with van der Waals surface area (Å²) in [6.07, 6.45) is -4.52. The lowest BCUT2D eigenvalue weighted by Gasteiger charge is -2.43. The number of Topliss-reactive ketones (excluding diaryl/α,β-unsaturated/α-hetero) is 1. The highest BCUT2D eigenvalue weighted by Crippen LogP contribution is 2.59. The number of carbonyl (C=O) groups excluding carboxylic acids is 2. The van der Waals surface area contributed by atoms with Gasteiger partial charge >= 0.3 is 0 Å². The van der Waals surface area contributed by atoms with Crippen LogP contribution in [-0.2, 0) is 22.4 Å². The van der Waals surface area contributed by atoms with Crippen LogP contribution in [0.4, 0.5) is 0 Å². The predicted octanol–water partition coefficient (Wildman–Crippen LogP) is 1.67. The van der Waals surface area contributed by atoms with Gasteiger partial charge in [-0.3, -0.25) is 9.59 Å². The summed E-state index contributed by atoms with van der Waals surface area (Å²) in [5.41, 5.74) is -0.702. The quantitative estimate of drug-likeness (QED) is 0.172. The minimum Gasteiger partial charge on any atom is -0.508 e. The lowest BCUT2D eigenvalue weighted by Crippen LogP contribution is -2.59. The number of aliphatic hydroxyl groups excluding tert-OH is 2. The predicted molar refractivity (Wildman–Crippen MR) is 141 cm³/mol. The van der Waals surface area contributed by atoms with Crippen LogP contribution in [0.2, 0.25) is 0 Å². The number of phenols is 5. The fourth-order valence-electron chi connectivity index (χ4n) is 6.36. The van der Waals surface area contributed by atoms with E-state index in [1.807, 2.05) is 0 Å². The molecular formula is C30H24O12. The molecule has 3 aromatic carbocycles. The van der Waals surface area contributed by atoms with Crippen molar-refractivity contribution in [3.63, 3.8) is 0 Å². The Morgan fingerprint density at radius 1 is 0.762 bits per heavy atom. The highest BCUT2D eigenvalue weighted by atomic mass is 16.6. The van der Waals surface area contributed by atoms with E-state index in [1.165, 1.54) is 30.3 Å². The maximum Gasteiger partial charge on any atom is 0.222 e. The first-order valence-corrected chi connectivity index (χ1v) is 13.1. The number of hydrogen-bond donors (Lipinski definition) is 7. The summed E-state index contributed by atoms with van der Waals surface area (Å²) in [5.74, 6) is -3.15. The number of fused-ring (bicyclic) bond motifs is 6. The Kier molecular flexibility index (Phi) is 5.43. The normalized spacial score (nSPS) is 27.4. The van der Waals surface area contributed by atoms with E-state index < -0.39 is 53.8 Å². The number of carbonyl (C=O) groups is 2. The molecule has 3 heterocycles. The number of phenolic OH excluding ortho intramolecular Hbond substituents is 5. The molecule has 0 saturated heterocycles. The molecule has 12 heteroatoms. The molecular weight excluding hydrogens is 552 g/mol. The number of hydrogen-bond acceptors (Lipinski definition) is 12. The lowest BCUT2D eigenvalue weighted by atomic mass is 9.73. The molecule has 42 heavy (non-hydrogen) atoms. The van der Waals surface area contributed by atoms with Crippen molar-refractivity contribution in [1.29, 1.82) is 0 Å². The van der Waals surface area contributed by atoms with Crippen LogP contribution in [0.1, 0.15) is 34.8 Å². The molecule has 12 nitrogen and oxygen atoms in total. The second kappa shape index (κ2) is 8.78. The first-order chi connectivity index (χ1) is 20.0. The third-order valence-corrected chi connectivity index (χ3v) is 8.30. The summed E-state index contributed by atoms with van der Waals surface area (Å²) < 4.78 is 18.5. The molecule has 0 aromatic heterocycles. The topological polar surface area (TPSA) is 203 Å². The Morgan fingerprint density at radius 2 is 1.50 bits per heavy atom. The van der Waals surface area contributed by atoms with Crippen molar-refractivity contribution in [2.45, 2.75) is 49.3 Å². The van der Waals surface area contributed by atoms with Gasteiger partial charge in [0.1, 0.15) is 40.6 Å². The smallest absolute Gasteiger partial charge is 0.222 e. The molecule has 1 aliphatic carbocycles. The molecule has 0 bridgehead atoms. The third-order valence-electron chi connectivity index (χ3n) is 8.30. The maximum absolute atomic E-state index is 12.8. The third kappa shape index (κ3) is 3.62. The van der Waals surface area contributed by atoms with Crippen LogP contribution in [0.3, 0.4) is 0 Å². The van der Waals surface area contributed by atoms with Crippen molar-refractivity contribution in [3.8, 4) is 46.0 Å². The van der Waals surface area contributed by atoms with E-state index in [-0.39, 0.29) is 69.8 Å².